The van der Waals surface area contributed by atoms with Crippen LogP contribution in [0.4, 0.5) is 5.82 Å². The van der Waals surface area contributed by atoms with E-state index in [4.69, 9.17) is 20.9 Å². The monoisotopic (exact) mass is 444 g/mol. The number of nitrogens with one attached hydrogen (secondary N) is 1. The zero-order valence-corrected chi connectivity index (χ0v) is 17.9. The van der Waals surface area contributed by atoms with E-state index in [2.05, 4.69) is 15.6 Å². The second kappa shape index (κ2) is 7.92. The lowest BCUT2D eigenvalue weighted by Crippen LogP contribution is -2.29. The van der Waals surface area contributed by atoms with Crippen molar-refractivity contribution in [1.82, 2.24) is 14.9 Å². The van der Waals surface area contributed by atoms with Crippen LogP contribution in [-0.4, -0.2) is 32.9 Å². The maximum Gasteiger partial charge on any atom is 0.349 e. The van der Waals surface area contributed by atoms with Gasteiger partial charge in [-0.1, -0.05) is 16.8 Å². The topological polar surface area (TPSA) is 99.2 Å². The molecule has 0 aliphatic heterocycles. The summed E-state index contributed by atoms with van der Waals surface area (Å²) in [5, 5.41) is 12.2. The highest BCUT2D eigenvalue weighted by molar-refractivity contribution is 7.20. The number of carbonyl (C=O) groups excluding carboxylic acids is 2. The lowest BCUT2D eigenvalue weighted by atomic mass is 10.3. The molecule has 1 unspecified atom stereocenters. The first-order valence-electron chi connectivity index (χ1n) is 9.02. The molecule has 8 nitrogen and oxygen atoms in total. The molecule has 1 amide bonds. The molecule has 0 bridgehead atoms. The van der Waals surface area contributed by atoms with Crippen molar-refractivity contribution in [3.63, 3.8) is 0 Å². The number of hydrogen-bond donors (Lipinski definition) is 1. The zero-order chi connectivity index (χ0) is 21.4. The van der Waals surface area contributed by atoms with Crippen LogP contribution in [0, 0.1) is 13.8 Å². The Kier molecular flexibility index (Phi) is 5.31. The van der Waals surface area contributed by atoms with Gasteiger partial charge in [-0.3, -0.25) is 4.79 Å². The molecule has 0 saturated heterocycles. The van der Waals surface area contributed by atoms with E-state index < -0.39 is 18.0 Å². The Balaban J connectivity index is 1.52. The van der Waals surface area contributed by atoms with Gasteiger partial charge in [0.1, 0.15) is 15.5 Å². The second-order valence-electron chi connectivity index (χ2n) is 6.66. The summed E-state index contributed by atoms with van der Waals surface area (Å²) in [6.07, 6.45) is -1.01. The van der Waals surface area contributed by atoms with Crippen LogP contribution in [0.5, 0.6) is 0 Å². The molecule has 4 aromatic rings. The van der Waals surface area contributed by atoms with Gasteiger partial charge in [0, 0.05) is 16.5 Å². The molecular weight excluding hydrogens is 428 g/mol. The summed E-state index contributed by atoms with van der Waals surface area (Å²) in [4.78, 5) is 26.0. The van der Waals surface area contributed by atoms with Crippen LogP contribution in [0.2, 0.25) is 5.02 Å². The average Bonchev–Trinajstić information content (AvgIpc) is 3.39. The van der Waals surface area contributed by atoms with E-state index in [-0.39, 0.29) is 5.82 Å². The van der Waals surface area contributed by atoms with E-state index in [0.717, 1.165) is 21.6 Å². The summed E-state index contributed by atoms with van der Waals surface area (Å²) >= 11 is 7.21. The molecule has 0 aliphatic carbocycles. The Morgan fingerprint density at radius 2 is 1.97 bits per heavy atom. The maximum atomic E-state index is 12.6. The van der Waals surface area contributed by atoms with Gasteiger partial charge in [0.15, 0.2) is 11.9 Å². The quantitative estimate of drug-likeness (QED) is 0.454. The molecule has 154 valence electrons. The number of nitrogens with zero attached hydrogens (tertiary/aromatic N) is 3. The van der Waals surface area contributed by atoms with Gasteiger partial charge in [-0.05, 0) is 51.1 Å². The number of amides is 1. The minimum Gasteiger partial charge on any atom is -0.448 e. The van der Waals surface area contributed by atoms with Crippen LogP contribution < -0.4 is 5.32 Å². The number of aromatic nitrogens is 3. The summed E-state index contributed by atoms with van der Waals surface area (Å²) in [7, 11) is 0. The number of fused-ring (bicyclic) bond motifs is 1. The fraction of sp³-hybridized carbons (Fsp3) is 0.200. The highest BCUT2D eigenvalue weighted by atomic mass is 35.5. The first kappa shape index (κ1) is 20.1. The molecule has 30 heavy (non-hydrogen) atoms. The molecular formula is C20H17ClN4O4S. The molecule has 10 heteroatoms. The molecule has 0 saturated carbocycles. The van der Waals surface area contributed by atoms with Gasteiger partial charge in [0.25, 0.3) is 5.91 Å². The number of hydrogen-bond acceptors (Lipinski definition) is 7. The average molecular weight is 445 g/mol. The third kappa shape index (κ3) is 3.94. The number of thiophene rings is 1. The first-order valence-corrected chi connectivity index (χ1v) is 10.2. The smallest absolute Gasteiger partial charge is 0.349 e. The highest BCUT2D eigenvalue weighted by Crippen LogP contribution is 2.31. The van der Waals surface area contributed by atoms with Gasteiger partial charge in [-0.25, -0.2) is 9.48 Å². The van der Waals surface area contributed by atoms with E-state index in [1.54, 1.807) is 35.9 Å². The Morgan fingerprint density at radius 3 is 2.63 bits per heavy atom. The van der Waals surface area contributed by atoms with Crippen LogP contribution in [0.25, 0.3) is 15.9 Å². The van der Waals surface area contributed by atoms with Crippen molar-refractivity contribution in [3.8, 4) is 5.69 Å². The van der Waals surface area contributed by atoms with Crippen molar-refractivity contribution in [2.75, 3.05) is 5.32 Å². The van der Waals surface area contributed by atoms with Crippen LogP contribution in [-0.2, 0) is 9.53 Å². The molecule has 1 atom stereocenters. The van der Waals surface area contributed by atoms with Gasteiger partial charge >= 0.3 is 5.97 Å². The molecule has 1 N–H and O–H groups in total. The molecule has 4 rings (SSSR count). The number of esters is 1. The Bertz CT molecular complexity index is 1240. The predicted octanol–water partition coefficient (Wildman–Crippen LogP) is 4.53. The van der Waals surface area contributed by atoms with E-state index in [1.807, 2.05) is 19.1 Å². The summed E-state index contributed by atoms with van der Waals surface area (Å²) in [6, 6.07) is 10.6. The number of aryl methyl sites for hydroxylation is 2. The number of carbonyl (C=O) groups is 2. The molecule has 0 spiro atoms. The third-order valence-electron chi connectivity index (χ3n) is 4.35. The molecule has 3 aromatic heterocycles. The van der Waals surface area contributed by atoms with Gasteiger partial charge < -0.3 is 14.6 Å². The van der Waals surface area contributed by atoms with Crippen molar-refractivity contribution in [2.24, 2.45) is 0 Å². The van der Waals surface area contributed by atoms with Crippen molar-refractivity contribution < 1.29 is 18.8 Å². The highest BCUT2D eigenvalue weighted by Gasteiger charge is 2.23. The van der Waals surface area contributed by atoms with Crippen LogP contribution >= 0.6 is 22.9 Å². The minimum absolute atomic E-state index is 0.265. The fourth-order valence-corrected chi connectivity index (χ4v) is 4.02. The van der Waals surface area contributed by atoms with E-state index in [9.17, 15) is 9.59 Å². The predicted molar refractivity (Wildman–Crippen MR) is 113 cm³/mol. The van der Waals surface area contributed by atoms with Gasteiger partial charge in [-0.2, -0.15) is 5.10 Å². The minimum atomic E-state index is -1.01. The molecule has 0 aliphatic rings. The molecule has 3 heterocycles. The number of rotatable bonds is 5. The van der Waals surface area contributed by atoms with E-state index >= 15 is 0 Å². The van der Waals surface area contributed by atoms with E-state index in [0.29, 0.717) is 15.7 Å². The third-order valence-corrected chi connectivity index (χ3v) is 5.69. The SMILES string of the molecule is Cc1cc(NC(=O)C(C)OC(=O)c2cc3c(C)nn(-c4ccc(Cl)cc4)c3s2)no1. The summed E-state index contributed by atoms with van der Waals surface area (Å²) in [5.41, 5.74) is 1.61. The van der Waals surface area contributed by atoms with Crippen molar-refractivity contribution >= 4 is 50.8 Å². The van der Waals surface area contributed by atoms with Crippen molar-refractivity contribution in [1.29, 1.82) is 0 Å². The van der Waals surface area contributed by atoms with Crippen LogP contribution in [0.1, 0.15) is 28.0 Å². The van der Waals surface area contributed by atoms with Crippen LogP contribution in [0.3, 0.4) is 0 Å². The Labute approximate surface area is 180 Å². The van der Waals surface area contributed by atoms with Crippen molar-refractivity contribution in [3.05, 3.63) is 57.8 Å². The molecule has 0 fully saturated rings. The summed E-state index contributed by atoms with van der Waals surface area (Å²) < 4.78 is 12.0. The number of anilines is 1. The molecule has 0 radical (unpaired) electrons. The lowest BCUT2D eigenvalue weighted by molar-refractivity contribution is -0.123. The number of halogens is 1. The maximum absolute atomic E-state index is 12.6. The first-order chi connectivity index (χ1) is 14.3. The number of benzene rings is 1. The zero-order valence-electron chi connectivity index (χ0n) is 16.3. The van der Waals surface area contributed by atoms with Gasteiger partial charge in [-0.15, -0.1) is 11.3 Å². The Hall–Kier alpha value is -3.17. The second-order valence-corrected chi connectivity index (χ2v) is 8.13. The van der Waals surface area contributed by atoms with Crippen LogP contribution in [0.15, 0.2) is 40.9 Å². The summed E-state index contributed by atoms with van der Waals surface area (Å²) in [6.45, 7) is 5.07. The van der Waals surface area contributed by atoms with Gasteiger partial charge in [0.2, 0.25) is 0 Å². The Morgan fingerprint density at radius 1 is 1.23 bits per heavy atom. The molecule has 1 aromatic carbocycles. The summed E-state index contributed by atoms with van der Waals surface area (Å²) in [5.74, 6) is -0.259. The normalized spacial score (nSPS) is 12.1. The van der Waals surface area contributed by atoms with Crippen molar-refractivity contribution in [2.45, 2.75) is 26.9 Å². The van der Waals surface area contributed by atoms with Gasteiger partial charge in [0.05, 0.1) is 11.4 Å². The fourth-order valence-electron chi connectivity index (χ4n) is 2.83. The largest absolute Gasteiger partial charge is 0.448 e. The lowest BCUT2D eigenvalue weighted by Gasteiger charge is -2.11. The standard InChI is InChI=1S/C20H17ClN4O4S/c1-10-8-17(24-29-10)22-18(26)12(3)28-20(27)16-9-15-11(2)23-25(19(15)30-16)14-6-4-13(21)5-7-14/h4-9,12H,1-3H3,(H,22,24,26). The number of ether oxygens (including phenoxy) is 1. The van der Waals surface area contributed by atoms with E-state index in [1.165, 1.54) is 18.3 Å².